The summed E-state index contributed by atoms with van der Waals surface area (Å²) in [7, 11) is 0. The van der Waals surface area contributed by atoms with Crippen molar-refractivity contribution in [2.45, 2.75) is 25.0 Å². The molecule has 0 aliphatic heterocycles. The molecular formula is C17H19N5O6S. The molecule has 4 N–H and O–H groups in total. The molecule has 11 nitrogen and oxygen atoms in total. The Bertz CT molecular complexity index is 989. The smallest absolute Gasteiger partial charge is 0.320 e. The number of aromatic amines is 2. The van der Waals surface area contributed by atoms with Gasteiger partial charge in [-0.2, -0.15) is 0 Å². The third kappa shape index (κ3) is 6.60. The van der Waals surface area contributed by atoms with Crippen molar-refractivity contribution < 1.29 is 14.5 Å². The SMILES string of the molecule is CCCC(SCC(=O)Nc1ccccc1[N+](=O)[O-])C(=O)Nc1cc(=O)[nH]c(=O)[nH]1. The van der Waals surface area contributed by atoms with Gasteiger partial charge in [0, 0.05) is 12.1 Å². The number of nitro groups is 1. The number of aromatic nitrogens is 2. The monoisotopic (exact) mass is 421 g/mol. The molecule has 0 fully saturated rings. The molecule has 2 aromatic rings. The second-order valence-corrected chi connectivity index (χ2v) is 7.09. The molecule has 0 saturated carbocycles. The standard InChI is InChI=1S/C17H19N5O6S/c1-2-5-12(16(25)19-13-8-14(23)21-17(26)20-13)29-9-15(24)18-10-6-3-4-7-11(10)22(27)28/h3-4,6-8,12H,2,5,9H2,1H3,(H,18,24)(H3,19,20,21,23,25,26). The maximum atomic E-state index is 12.5. The van der Waals surface area contributed by atoms with Crippen LogP contribution in [0.1, 0.15) is 19.8 Å². The quantitative estimate of drug-likeness (QED) is 0.351. The molecule has 0 saturated heterocycles. The molecule has 154 valence electrons. The van der Waals surface area contributed by atoms with Crippen LogP contribution in [-0.4, -0.2) is 37.7 Å². The number of amides is 2. The van der Waals surface area contributed by atoms with Gasteiger partial charge in [0.15, 0.2) is 0 Å². The number of nitrogens with one attached hydrogen (secondary N) is 4. The summed E-state index contributed by atoms with van der Waals surface area (Å²) in [6.45, 7) is 1.86. The van der Waals surface area contributed by atoms with E-state index in [1.54, 1.807) is 6.07 Å². The molecule has 29 heavy (non-hydrogen) atoms. The van der Waals surface area contributed by atoms with Crippen LogP contribution in [0.25, 0.3) is 0 Å². The van der Waals surface area contributed by atoms with E-state index in [1.165, 1.54) is 18.2 Å². The van der Waals surface area contributed by atoms with Crippen LogP contribution < -0.4 is 21.9 Å². The summed E-state index contributed by atoms with van der Waals surface area (Å²) >= 11 is 1.05. The number of carbonyl (C=O) groups is 2. The molecule has 1 aromatic heterocycles. The average Bonchev–Trinajstić information content (AvgIpc) is 2.64. The zero-order valence-electron chi connectivity index (χ0n) is 15.4. The topological polar surface area (TPSA) is 167 Å². The summed E-state index contributed by atoms with van der Waals surface area (Å²) in [4.78, 5) is 61.9. The highest BCUT2D eigenvalue weighted by atomic mass is 32.2. The number of anilines is 2. The fraction of sp³-hybridized carbons (Fsp3) is 0.294. The summed E-state index contributed by atoms with van der Waals surface area (Å²) in [5.74, 6) is -1.13. The maximum Gasteiger partial charge on any atom is 0.327 e. The van der Waals surface area contributed by atoms with E-state index in [0.717, 1.165) is 17.8 Å². The van der Waals surface area contributed by atoms with Crippen molar-refractivity contribution in [2.75, 3.05) is 16.4 Å². The van der Waals surface area contributed by atoms with Crippen LogP contribution in [0.4, 0.5) is 17.2 Å². The number of para-hydroxylation sites is 2. The third-order valence-corrected chi connectivity index (χ3v) is 4.93. The Morgan fingerprint density at radius 1 is 1.21 bits per heavy atom. The number of nitrogens with zero attached hydrogens (tertiary/aromatic N) is 1. The van der Waals surface area contributed by atoms with Gasteiger partial charge in [0.2, 0.25) is 11.8 Å². The molecule has 0 aliphatic rings. The van der Waals surface area contributed by atoms with Crippen molar-refractivity contribution in [3.63, 3.8) is 0 Å². The third-order valence-electron chi connectivity index (χ3n) is 3.65. The van der Waals surface area contributed by atoms with Crippen LogP contribution in [0.15, 0.2) is 39.9 Å². The molecule has 0 aliphatic carbocycles. The summed E-state index contributed by atoms with van der Waals surface area (Å²) < 4.78 is 0. The number of nitro benzene ring substituents is 1. The van der Waals surface area contributed by atoms with E-state index in [1.807, 2.05) is 11.9 Å². The minimum absolute atomic E-state index is 0.0465. The zero-order valence-corrected chi connectivity index (χ0v) is 16.2. The second-order valence-electron chi connectivity index (χ2n) is 5.90. The first-order valence-corrected chi connectivity index (χ1v) is 9.64. The molecule has 0 radical (unpaired) electrons. The van der Waals surface area contributed by atoms with E-state index in [4.69, 9.17) is 0 Å². The number of H-pyrrole nitrogens is 2. The minimum Gasteiger partial charge on any atom is -0.320 e. The number of carbonyl (C=O) groups excluding carboxylic acids is 2. The zero-order chi connectivity index (χ0) is 21.4. The van der Waals surface area contributed by atoms with Crippen LogP contribution in [0.3, 0.4) is 0 Å². The summed E-state index contributed by atoms with van der Waals surface area (Å²) in [5.41, 5.74) is -1.57. The van der Waals surface area contributed by atoms with Gasteiger partial charge in [0.05, 0.1) is 15.9 Å². The van der Waals surface area contributed by atoms with Gasteiger partial charge >= 0.3 is 5.69 Å². The Morgan fingerprint density at radius 3 is 2.59 bits per heavy atom. The molecule has 2 amide bonds. The number of hydrogen-bond donors (Lipinski definition) is 4. The predicted molar refractivity (Wildman–Crippen MR) is 109 cm³/mol. The Balaban J connectivity index is 2.00. The summed E-state index contributed by atoms with van der Waals surface area (Å²) in [6, 6.07) is 6.78. The molecular weight excluding hydrogens is 402 g/mol. The molecule has 2 rings (SSSR count). The van der Waals surface area contributed by atoms with Crippen LogP contribution in [0.5, 0.6) is 0 Å². The lowest BCUT2D eigenvalue weighted by molar-refractivity contribution is -0.383. The molecule has 1 atom stereocenters. The van der Waals surface area contributed by atoms with Crippen molar-refractivity contribution in [1.29, 1.82) is 0 Å². The van der Waals surface area contributed by atoms with Gasteiger partial charge < -0.3 is 10.6 Å². The number of benzene rings is 1. The fourth-order valence-electron chi connectivity index (χ4n) is 2.40. The molecule has 0 spiro atoms. The normalized spacial score (nSPS) is 11.5. The molecule has 12 heteroatoms. The summed E-state index contributed by atoms with van der Waals surface area (Å²) in [6.07, 6.45) is 1.10. The van der Waals surface area contributed by atoms with Gasteiger partial charge in [0.1, 0.15) is 11.5 Å². The van der Waals surface area contributed by atoms with E-state index < -0.39 is 33.2 Å². The molecule has 1 aromatic carbocycles. The summed E-state index contributed by atoms with van der Waals surface area (Å²) in [5, 5.41) is 15.3. The van der Waals surface area contributed by atoms with E-state index in [2.05, 4.69) is 15.6 Å². The van der Waals surface area contributed by atoms with Crippen molar-refractivity contribution in [1.82, 2.24) is 9.97 Å². The predicted octanol–water partition coefficient (Wildman–Crippen LogP) is 1.45. The van der Waals surface area contributed by atoms with Gasteiger partial charge in [0.25, 0.3) is 11.2 Å². The number of hydrogen-bond acceptors (Lipinski definition) is 7. The van der Waals surface area contributed by atoms with Crippen molar-refractivity contribution in [2.24, 2.45) is 0 Å². The van der Waals surface area contributed by atoms with Gasteiger partial charge in [-0.1, -0.05) is 25.5 Å². The van der Waals surface area contributed by atoms with Crippen LogP contribution in [-0.2, 0) is 9.59 Å². The molecule has 1 heterocycles. The van der Waals surface area contributed by atoms with Gasteiger partial charge in [-0.25, -0.2) is 4.79 Å². The van der Waals surface area contributed by atoms with Crippen LogP contribution in [0.2, 0.25) is 0 Å². The average molecular weight is 421 g/mol. The van der Waals surface area contributed by atoms with Crippen molar-refractivity contribution in [3.05, 3.63) is 61.3 Å². The molecule has 0 bridgehead atoms. The highest BCUT2D eigenvalue weighted by molar-refractivity contribution is 8.01. The Kier molecular flexibility index (Phi) is 7.71. The highest BCUT2D eigenvalue weighted by Crippen LogP contribution is 2.24. The number of rotatable bonds is 9. The number of thioether (sulfide) groups is 1. The lowest BCUT2D eigenvalue weighted by atomic mass is 10.2. The Hall–Kier alpha value is -3.41. The highest BCUT2D eigenvalue weighted by Gasteiger charge is 2.21. The first kappa shape index (κ1) is 21.9. The first-order chi connectivity index (χ1) is 13.8. The lowest BCUT2D eigenvalue weighted by Gasteiger charge is -2.15. The lowest BCUT2D eigenvalue weighted by Crippen LogP contribution is -2.30. The van der Waals surface area contributed by atoms with Gasteiger partial charge in [-0.05, 0) is 12.5 Å². The maximum absolute atomic E-state index is 12.5. The van der Waals surface area contributed by atoms with Gasteiger partial charge in [-0.3, -0.25) is 34.5 Å². The van der Waals surface area contributed by atoms with E-state index in [9.17, 15) is 29.3 Å². The largest absolute Gasteiger partial charge is 0.327 e. The molecule has 1 unspecified atom stereocenters. The Morgan fingerprint density at radius 2 is 1.93 bits per heavy atom. The van der Waals surface area contributed by atoms with E-state index >= 15 is 0 Å². The first-order valence-electron chi connectivity index (χ1n) is 8.59. The second kappa shape index (κ2) is 10.2. The van der Waals surface area contributed by atoms with E-state index in [-0.39, 0.29) is 22.9 Å². The van der Waals surface area contributed by atoms with Gasteiger partial charge in [-0.15, -0.1) is 11.8 Å². The van der Waals surface area contributed by atoms with Crippen molar-refractivity contribution in [3.8, 4) is 0 Å². The fourth-order valence-corrected chi connectivity index (χ4v) is 3.44. The Labute approximate surface area is 168 Å². The van der Waals surface area contributed by atoms with Crippen LogP contribution in [0, 0.1) is 10.1 Å². The van der Waals surface area contributed by atoms with Crippen LogP contribution >= 0.6 is 11.8 Å². The minimum atomic E-state index is -0.753. The van der Waals surface area contributed by atoms with Crippen molar-refractivity contribution >= 4 is 40.8 Å². The van der Waals surface area contributed by atoms with E-state index in [0.29, 0.717) is 12.8 Å².